The van der Waals surface area contributed by atoms with Crippen molar-refractivity contribution in [3.8, 4) is 0 Å². The fourth-order valence-electron chi connectivity index (χ4n) is 1.87. The highest BCUT2D eigenvalue weighted by Gasteiger charge is 2.04. The highest BCUT2D eigenvalue weighted by Crippen LogP contribution is 2.25. The zero-order valence-electron chi connectivity index (χ0n) is 8.40. The molecule has 0 amide bonds. The van der Waals surface area contributed by atoms with E-state index in [4.69, 9.17) is 11.6 Å². The first-order chi connectivity index (χ1) is 7.38. The molecule has 0 aliphatic heterocycles. The van der Waals surface area contributed by atoms with Crippen LogP contribution in [0.2, 0.25) is 0 Å². The van der Waals surface area contributed by atoms with Crippen LogP contribution in [0.25, 0.3) is 21.8 Å². The third-order valence-electron chi connectivity index (χ3n) is 2.58. The Labute approximate surface area is 104 Å². The van der Waals surface area contributed by atoms with Crippen LogP contribution in [-0.4, -0.2) is 9.97 Å². The average molecular weight is 253 g/mol. The predicted octanol–water partition coefficient (Wildman–Crippen LogP) is 3.88. The van der Waals surface area contributed by atoms with Gasteiger partial charge in [-0.25, -0.2) is 0 Å². The van der Waals surface area contributed by atoms with Crippen molar-refractivity contribution in [2.24, 2.45) is 0 Å². The summed E-state index contributed by atoms with van der Waals surface area (Å²) in [5, 5.41) is 2.41. The summed E-state index contributed by atoms with van der Waals surface area (Å²) in [5.41, 5.74) is 3.11. The van der Waals surface area contributed by atoms with Crippen LogP contribution in [0.3, 0.4) is 0 Å². The minimum absolute atomic E-state index is 0. The molecule has 3 aromatic rings. The lowest BCUT2D eigenvalue weighted by molar-refractivity contribution is 1.19. The van der Waals surface area contributed by atoms with E-state index in [2.05, 4.69) is 22.1 Å². The normalized spacial score (nSPS) is 10.6. The number of hydrogen-bond acceptors (Lipinski definition) is 1. The molecule has 0 fully saturated rings. The number of aromatic amines is 1. The molecule has 0 radical (unpaired) electrons. The van der Waals surface area contributed by atoms with Gasteiger partial charge in [0.15, 0.2) is 0 Å². The van der Waals surface area contributed by atoms with Gasteiger partial charge in [0, 0.05) is 16.3 Å². The van der Waals surface area contributed by atoms with Crippen molar-refractivity contribution < 1.29 is 0 Å². The first-order valence-corrected chi connectivity index (χ1v) is 5.33. The number of para-hydroxylation sites is 1. The molecule has 3 rings (SSSR count). The molecule has 2 nitrogen and oxygen atoms in total. The third-order valence-corrected chi connectivity index (χ3v) is 2.86. The zero-order valence-corrected chi connectivity index (χ0v) is 9.98. The second kappa shape index (κ2) is 4.32. The van der Waals surface area contributed by atoms with Gasteiger partial charge in [0.25, 0.3) is 0 Å². The number of H-pyrrole nitrogens is 1. The number of hydrogen-bond donors (Lipinski definition) is 1. The maximum absolute atomic E-state index is 5.77. The Morgan fingerprint density at radius 1 is 1.12 bits per heavy atom. The van der Waals surface area contributed by atoms with Crippen LogP contribution >= 0.6 is 24.0 Å². The number of alkyl halides is 1. The quantitative estimate of drug-likeness (QED) is 0.655. The maximum atomic E-state index is 5.77. The number of rotatable bonds is 1. The average Bonchev–Trinajstić information content (AvgIpc) is 2.66. The molecule has 16 heavy (non-hydrogen) atoms. The SMILES string of the molecule is Cl.ClCc1cc2c(cn1)[nH]c1ccccc12. The van der Waals surface area contributed by atoms with Crippen LogP contribution in [0.5, 0.6) is 0 Å². The standard InChI is InChI=1S/C12H9ClN2.ClH/c13-6-8-5-10-9-3-1-2-4-11(9)15-12(10)7-14-8;/h1-5,7,15H,6H2;1H. The lowest BCUT2D eigenvalue weighted by Gasteiger charge is -1.94. The number of pyridine rings is 1. The molecule has 1 N–H and O–H groups in total. The van der Waals surface area contributed by atoms with Crippen molar-refractivity contribution in [2.45, 2.75) is 5.88 Å². The molecule has 0 aliphatic carbocycles. The van der Waals surface area contributed by atoms with Crippen LogP contribution in [0.1, 0.15) is 5.69 Å². The molecule has 0 bridgehead atoms. The minimum atomic E-state index is 0. The Bertz CT molecular complexity index is 631. The van der Waals surface area contributed by atoms with E-state index < -0.39 is 0 Å². The second-order valence-corrected chi connectivity index (χ2v) is 3.79. The summed E-state index contributed by atoms with van der Waals surface area (Å²) in [6.45, 7) is 0. The molecule has 0 saturated heterocycles. The fraction of sp³-hybridized carbons (Fsp3) is 0.0833. The van der Waals surface area contributed by atoms with Gasteiger partial charge >= 0.3 is 0 Å². The fourth-order valence-corrected chi connectivity index (χ4v) is 2.01. The first kappa shape index (κ1) is 11.2. The van der Waals surface area contributed by atoms with Crippen molar-refractivity contribution in [1.29, 1.82) is 0 Å². The number of benzene rings is 1. The first-order valence-electron chi connectivity index (χ1n) is 4.80. The molecular formula is C12H10Cl2N2. The molecule has 0 spiro atoms. The number of nitrogens with zero attached hydrogens (tertiary/aromatic N) is 1. The summed E-state index contributed by atoms with van der Waals surface area (Å²) in [6.07, 6.45) is 1.84. The van der Waals surface area contributed by atoms with Crippen LogP contribution in [0.4, 0.5) is 0 Å². The number of halogens is 2. The van der Waals surface area contributed by atoms with Crippen LogP contribution < -0.4 is 0 Å². The summed E-state index contributed by atoms with van der Waals surface area (Å²) in [6, 6.07) is 10.3. The van der Waals surface area contributed by atoms with Gasteiger partial charge in [-0.3, -0.25) is 4.98 Å². The van der Waals surface area contributed by atoms with Gasteiger partial charge in [-0.15, -0.1) is 24.0 Å². The Hall–Kier alpha value is -1.25. The van der Waals surface area contributed by atoms with Crippen molar-refractivity contribution >= 4 is 45.8 Å². The predicted molar refractivity (Wildman–Crippen MR) is 70.4 cm³/mol. The molecule has 4 heteroatoms. The van der Waals surface area contributed by atoms with E-state index in [9.17, 15) is 0 Å². The summed E-state index contributed by atoms with van der Waals surface area (Å²) in [5.74, 6) is 0.454. The van der Waals surface area contributed by atoms with E-state index in [1.54, 1.807) is 0 Å². The molecule has 0 atom stereocenters. The highest BCUT2D eigenvalue weighted by molar-refractivity contribution is 6.17. The summed E-state index contributed by atoms with van der Waals surface area (Å²) >= 11 is 5.77. The van der Waals surface area contributed by atoms with Gasteiger partial charge in [-0.05, 0) is 12.1 Å². The topological polar surface area (TPSA) is 28.7 Å². The van der Waals surface area contributed by atoms with E-state index in [0.717, 1.165) is 16.7 Å². The lowest BCUT2D eigenvalue weighted by atomic mass is 10.2. The Morgan fingerprint density at radius 2 is 1.94 bits per heavy atom. The molecular weight excluding hydrogens is 243 g/mol. The Morgan fingerprint density at radius 3 is 2.75 bits per heavy atom. The van der Waals surface area contributed by atoms with E-state index in [-0.39, 0.29) is 12.4 Å². The molecule has 0 aliphatic rings. The van der Waals surface area contributed by atoms with Gasteiger partial charge in [0.05, 0.1) is 23.3 Å². The Balaban J connectivity index is 0.000000963. The van der Waals surface area contributed by atoms with E-state index >= 15 is 0 Å². The van der Waals surface area contributed by atoms with E-state index in [1.165, 1.54) is 10.8 Å². The van der Waals surface area contributed by atoms with E-state index in [1.807, 2.05) is 24.4 Å². The molecule has 2 aromatic heterocycles. The second-order valence-electron chi connectivity index (χ2n) is 3.53. The van der Waals surface area contributed by atoms with Crippen LogP contribution in [0.15, 0.2) is 36.5 Å². The van der Waals surface area contributed by atoms with Crippen molar-refractivity contribution in [3.63, 3.8) is 0 Å². The zero-order chi connectivity index (χ0) is 10.3. The van der Waals surface area contributed by atoms with E-state index in [0.29, 0.717) is 5.88 Å². The van der Waals surface area contributed by atoms with Crippen molar-refractivity contribution in [1.82, 2.24) is 9.97 Å². The summed E-state index contributed by atoms with van der Waals surface area (Å²) < 4.78 is 0. The summed E-state index contributed by atoms with van der Waals surface area (Å²) in [7, 11) is 0. The smallest absolute Gasteiger partial charge is 0.0651 e. The molecule has 2 heterocycles. The van der Waals surface area contributed by atoms with Gasteiger partial charge in [0.1, 0.15) is 0 Å². The lowest BCUT2D eigenvalue weighted by Crippen LogP contribution is -1.82. The third kappa shape index (κ3) is 1.64. The minimum Gasteiger partial charge on any atom is -0.353 e. The highest BCUT2D eigenvalue weighted by atomic mass is 35.5. The largest absolute Gasteiger partial charge is 0.353 e. The summed E-state index contributed by atoms with van der Waals surface area (Å²) in [4.78, 5) is 7.58. The Kier molecular flexibility index (Phi) is 3.03. The van der Waals surface area contributed by atoms with Gasteiger partial charge in [-0.2, -0.15) is 0 Å². The van der Waals surface area contributed by atoms with Crippen molar-refractivity contribution in [2.75, 3.05) is 0 Å². The number of fused-ring (bicyclic) bond motifs is 3. The molecule has 0 unspecified atom stereocenters. The van der Waals surface area contributed by atoms with Crippen LogP contribution in [0, 0.1) is 0 Å². The van der Waals surface area contributed by atoms with Crippen LogP contribution in [-0.2, 0) is 5.88 Å². The monoisotopic (exact) mass is 252 g/mol. The van der Waals surface area contributed by atoms with Gasteiger partial charge < -0.3 is 4.98 Å². The molecule has 0 saturated carbocycles. The molecule has 1 aromatic carbocycles. The molecule has 82 valence electrons. The maximum Gasteiger partial charge on any atom is 0.0651 e. The van der Waals surface area contributed by atoms with Crippen molar-refractivity contribution in [3.05, 3.63) is 42.2 Å². The number of nitrogens with one attached hydrogen (secondary N) is 1. The van der Waals surface area contributed by atoms with Gasteiger partial charge in [0.2, 0.25) is 0 Å². The number of aromatic nitrogens is 2. The van der Waals surface area contributed by atoms with Gasteiger partial charge in [-0.1, -0.05) is 18.2 Å².